The average molecular weight is 291 g/mol. The minimum Gasteiger partial charge on any atom is -0.508 e. The first-order valence-corrected chi connectivity index (χ1v) is 7.54. The Labute approximate surface area is 126 Å². The smallest absolute Gasteiger partial charge is 0.228 e. The molecule has 1 saturated heterocycles. The number of aromatic hydroxyl groups is 1. The van der Waals surface area contributed by atoms with Crippen molar-refractivity contribution in [2.45, 2.75) is 45.9 Å². The molecule has 0 aliphatic carbocycles. The summed E-state index contributed by atoms with van der Waals surface area (Å²) in [5.41, 5.74) is 1.01. The molecule has 1 aliphatic rings. The maximum Gasteiger partial charge on any atom is 0.228 e. The van der Waals surface area contributed by atoms with Crippen LogP contribution in [0.2, 0.25) is 0 Å². The van der Waals surface area contributed by atoms with Gasteiger partial charge in [-0.1, -0.05) is 19.1 Å². The van der Waals surface area contributed by atoms with Crippen LogP contribution >= 0.6 is 0 Å². The number of rotatable bonds is 3. The molecule has 4 heteroatoms. The molecule has 1 amide bonds. The van der Waals surface area contributed by atoms with Gasteiger partial charge in [-0.25, -0.2) is 0 Å². The molecule has 1 aromatic rings. The SMILES string of the molecule is CC1OC(C)C(C(=O)N(C)C(C)c2ccc(O)cc2)C1C. The number of hydrogen-bond acceptors (Lipinski definition) is 3. The van der Waals surface area contributed by atoms with Crippen molar-refractivity contribution in [2.75, 3.05) is 7.05 Å². The molecule has 1 aromatic carbocycles. The van der Waals surface area contributed by atoms with E-state index in [1.165, 1.54) is 0 Å². The topological polar surface area (TPSA) is 49.8 Å². The van der Waals surface area contributed by atoms with Crippen molar-refractivity contribution in [3.05, 3.63) is 29.8 Å². The lowest BCUT2D eigenvalue weighted by atomic mass is 9.88. The van der Waals surface area contributed by atoms with Crippen molar-refractivity contribution >= 4 is 5.91 Å². The third kappa shape index (κ3) is 3.05. The van der Waals surface area contributed by atoms with Gasteiger partial charge in [-0.05, 0) is 44.4 Å². The van der Waals surface area contributed by atoms with Crippen molar-refractivity contribution in [3.63, 3.8) is 0 Å². The molecule has 0 spiro atoms. The second-order valence-corrected chi connectivity index (χ2v) is 6.15. The number of phenols is 1. The number of amides is 1. The van der Waals surface area contributed by atoms with Gasteiger partial charge in [0, 0.05) is 7.05 Å². The lowest BCUT2D eigenvalue weighted by molar-refractivity contribution is -0.138. The third-order valence-electron chi connectivity index (χ3n) is 4.83. The van der Waals surface area contributed by atoms with Gasteiger partial charge < -0.3 is 14.7 Å². The Morgan fingerprint density at radius 1 is 1.19 bits per heavy atom. The molecule has 5 atom stereocenters. The van der Waals surface area contributed by atoms with E-state index in [4.69, 9.17) is 4.74 Å². The van der Waals surface area contributed by atoms with Gasteiger partial charge in [-0.3, -0.25) is 4.79 Å². The Hall–Kier alpha value is -1.55. The Balaban J connectivity index is 2.13. The van der Waals surface area contributed by atoms with Crippen molar-refractivity contribution in [1.82, 2.24) is 4.90 Å². The first kappa shape index (κ1) is 15.8. The van der Waals surface area contributed by atoms with Crippen molar-refractivity contribution < 1.29 is 14.6 Å². The summed E-state index contributed by atoms with van der Waals surface area (Å²) in [7, 11) is 1.84. The number of nitrogens with zero attached hydrogens (tertiary/aromatic N) is 1. The van der Waals surface area contributed by atoms with Gasteiger partial charge in [0.15, 0.2) is 0 Å². The number of benzene rings is 1. The molecule has 1 aliphatic heterocycles. The van der Waals surface area contributed by atoms with Crippen molar-refractivity contribution in [2.24, 2.45) is 11.8 Å². The van der Waals surface area contributed by atoms with E-state index in [9.17, 15) is 9.90 Å². The van der Waals surface area contributed by atoms with Crippen LogP contribution in [0, 0.1) is 11.8 Å². The normalized spacial score (nSPS) is 30.1. The van der Waals surface area contributed by atoms with Crippen molar-refractivity contribution in [1.29, 1.82) is 0 Å². The summed E-state index contributed by atoms with van der Waals surface area (Å²) in [6, 6.07) is 6.97. The lowest BCUT2D eigenvalue weighted by Gasteiger charge is -2.30. The van der Waals surface area contributed by atoms with E-state index in [0.29, 0.717) is 0 Å². The van der Waals surface area contributed by atoms with Gasteiger partial charge in [0.1, 0.15) is 5.75 Å². The zero-order chi connectivity index (χ0) is 15.7. The molecule has 1 heterocycles. The van der Waals surface area contributed by atoms with Crippen LogP contribution in [0.25, 0.3) is 0 Å². The van der Waals surface area contributed by atoms with Crippen LogP contribution in [0.1, 0.15) is 39.3 Å². The molecule has 1 fully saturated rings. The van der Waals surface area contributed by atoms with Gasteiger partial charge in [0.05, 0.1) is 24.2 Å². The minimum atomic E-state index is -0.0930. The standard InChI is InChI=1S/C17H25NO3/c1-10-12(3)21-13(4)16(10)17(20)18(5)11(2)14-6-8-15(19)9-7-14/h6-13,16,19H,1-5H3. The van der Waals surface area contributed by atoms with Crippen LogP contribution in [0.4, 0.5) is 0 Å². The minimum absolute atomic E-state index is 0.0339. The molecule has 0 radical (unpaired) electrons. The maximum atomic E-state index is 12.8. The summed E-state index contributed by atoms with van der Waals surface area (Å²) in [6.45, 7) is 8.08. The van der Waals surface area contributed by atoms with Crippen LogP contribution in [-0.4, -0.2) is 35.2 Å². The monoisotopic (exact) mass is 291 g/mol. The lowest BCUT2D eigenvalue weighted by Crippen LogP contribution is -2.40. The van der Waals surface area contributed by atoms with E-state index >= 15 is 0 Å². The molecule has 0 aromatic heterocycles. The summed E-state index contributed by atoms with van der Waals surface area (Å²) >= 11 is 0. The summed E-state index contributed by atoms with van der Waals surface area (Å²) in [5, 5.41) is 9.36. The molecule has 21 heavy (non-hydrogen) atoms. The number of hydrogen-bond donors (Lipinski definition) is 1. The number of phenolic OH excluding ortho intramolecular Hbond substituents is 1. The highest BCUT2D eigenvalue weighted by Gasteiger charge is 2.43. The summed E-state index contributed by atoms with van der Waals surface area (Å²) in [6.07, 6.45) is 0.0725. The molecular weight excluding hydrogens is 266 g/mol. The second-order valence-electron chi connectivity index (χ2n) is 6.15. The quantitative estimate of drug-likeness (QED) is 0.931. The highest BCUT2D eigenvalue weighted by Crippen LogP contribution is 2.35. The fourth-order valence-electron chi connectivity index (χ4n) is 3.09. The van der Waals surface area contributed by atoms with E-state index in [2.05, 4.69) is 6.92 Å². The van der Waals surface area contributed by atoms with Crippen LogP contribution in [0.5, 0.6) is 5.75 Å². The van der Waals surface area contributed by atoms with Gasteiger partial charge in [0.2, 0.25) is 5.91 Å². The van der Waals surface area contributed by atoms with Gasteiger partial charge in [-0.2, -0.15) is 0 Å². The van der Waals surface area contributed by atoms with Gasteiger partial charge >= 0.3 is 0 Å². The molecule has 0 bridgehead atoms. The van der Waals surface area contributed by atoms with E-state index in [-0.39, 0.29) is 41.7 Å². The molecular formula is C17H25NO3. The van der Waals surface area contributed by atoms with Crippen molar-refractivity contribution in [3.8, 4) is 5.75 Å². The number of carbonyl (C=O) groups excluding carboxylic acids is 1. The van der Waals surface area contributed by atoms with E-state index in [1.54, 1.807) is 17.0 Å². The summed E-state index contributed by atoms with van der Waals surface area (Å²) in [4.78, 5) is 14.6. The highest BCUT2D eigenvalue weighted by atomic mass is 16.5. The van der Waals surface area contributed by atoms with E-state index in [1.807, 2.05) is 40.0 Å². The van der Waals surface area contributed by atoms with Crippen LogP contribution < -0.4 is 0 Å². The predicted octanol–water partition coefficient (Wildman–Crippen LogP) is 2.97. The molecule has 5 unspecified atom stereocenters. The number of carbonyl (C=O) groups is 1. The second kappa shape index (κ2) is 6.06. The first-order valence-electron chi connectivity index (χ1n) is 7.54. The maximum absolute atomic E-state index is 12.8. The summed E-state index contributed by atoms with van der Waals surface area (Å²) < 4.78 is 5.78. The Bertz CT molecular complexity index is 499. The zero-order valence-corrected chi connectivity index (χ0v) is 13.4. The molecule has 116 valence electrons. The Morgan fingerprint density at radius 3 is 2.24 bits per heavy atom. The fraction of sp³-hybridized carbons (Fsp3) is 0.588. The molecule has 1 N–H and O–H groups in total. The Kier molecular flexibility index (Phi) is 4.57. The molecule has 2 rings (SSSR count). The van der Waals surface area contributed by atoms with Crippen LogP contribution in [-0.2, 0) is 9.53 Å². The molecule has 0 saturated carbocycles. The van der Waals surface area contributed by atoms with E-state index < -0.39 is 0 Å². The highest BCUT2D eigenvalue weighted by molar-refractivity contribution is 5.80. The molecule has 4 nitrogen and oxygen atoms in total. The summed E-state index contributed by atoms with van der Waals surface area (Å²) in [5.74, 6) is 0.492. The number of ether oxygens (including phenoxy) is 1. The fourth-order valence-corrected chi connectivity index (χ4v) is 3.09. The average Bonchev–Trinajstić information content (AvgIpc) is 2.70. The van der Waals surface area contributed by atoms with Gasteiger partial charge in [-0.15, -0.1) is 0 Å². The third-order valence-corrected chi connectivity index (χ3v) is 4.83. The Morgan fingerprint density at radius 2 is 1.76 bits per heavy atom. The first-order chi connectivity index (χ1) is 9.82. The van der Waals surface area contributed by atoms with Gasteiger partial charge in [0.25, 0.3) is 0 Å². The predicted molar refractivity (Wildman–Crippen MR) is 82.0 cm³/mol. The largest absolute Gasteiger partial charge is 0.508 e. The van der Waals surface area contributed by atoms with Crippen LogP contribution in [0.15, 0.2) is 24.3 Å². The van der Waals surface area contributed by atoms with E-state index in [0.717, 1.165) is 5.56 Å². The zero-order valence-electron chi connectivity index (χ0n) is 13.4. The van der Waals surface area contributed by atoms with Crippen LogP contribution in [0.3, 0.4) is 0 Å².